The number of carbonyl (C=O) groups is 1. The van der Waals surface area contributed by atoms with E-state index in [1.165, 1.54) is 0 Å². The average molecular weight is 344 g/mol. The normalized spacial score (nSPS) is 16.1. The molecule has 2 aromatic rings. The molecule has 2 aromatic heterocycles. The summed E-state index contributed by atoms with van der Waals surface area (Å²) in [5, 5.41) is 2.10. The molecule has 0 bridgehead atoms. The minimum atomic E-state index is 0.279. The second-order valence-corrected chi connectivity index (χ2v) is 6.88. The second-order valence-electron chi connectivity index (χ2n) is 6.16. The lowest BCUT2D eigenvalue weighted by molar-refractivity contribution is -0.131. The summed E-state index contributed by atoms with van der Waals surface area (Å²) in [5.74, 6) is 0.279. The Morgan fingerprint density at radius 3 is 2.88 bits per heavy atom. The van der Waals surface area contributed by atoms with Crippen LogP contribution in [0.25, 0.3) is 0 Å². The zero-order valence-electron chi connectivity index (χ0n) is 13.9. The standard InChI is InChI=1S/C18H24N4OS/c23-18(7-3-6-16-5-1-2-8-19-16)22-10-4-9-21(11-12-22)13-17-14-24-15-20-17/h1-2,5,8,14-15H,3-4,6-7,9-13H2. The minimum Gasteiger partial charge on any atom is -0.341 e. The number of nitrogens with zero attached hydrogens (tertiary/aromatic N) is 4. The maximum atomic E-state index is 12.4. The van der Waals surface area contributed by atoms with Crippen molar-refractivity contribution in [2.24, 2.45) is 0 Å². The molecule has 0 unspecified atom stereocenters. The lowest BCUT2D eigenvalue weighted by Crippen LogP contribution is -2.35. The zero-order chi connectivity index (χ0) is 16.6. The van der Waals surface area contributed by atoms with E-state index in [4.69, 9.17) is 0 Å². The molecule has 0 spiro atoms. The summed E-state index contributed by atoms with van der Waals surface area (Å²) in [6.45, 7) is 4.56. The number of thiazole rings is 1. The first-order valence-electron chi connectivity index (χ1n) is 8.58. The van der Waals surface area contributed by atoms with Crippen LogP contribution in [0.2, 0.25) is 0 Å². The first kappa shape index (κ1) is 17.0. The molecular weight excluding hydrogens is 320 g/mol. The fraction of sp³-hybridized carbons (Fsp3) is 0.500. The van der Waals surface area contributed by atoms with Crippen molar-refractivity contribution in [2.45, 2.75) is 32.2 Å². The first-order chi connectivity index (χ1) is 11.8. The molecule has 0 radical (unpaired) electrons. The minimum absolute atomic E-state index is 0.279. The van der Waals surface area contributed by atoms with E-state index in [0.29, 0.717) is 6.42 Å². The van der Waals surface area contributed by atoms with Crippen molar-refractivity contribution >= 4 is 17.2 Å². The van der Waals surface area contributed by atoms with Crippen molar-refractivity contribution in [3.8, 4) is 0 Å². The number of pyridine rings is 1. The Balaban J connectivity index is 1.41. The van der Waals surface area contributed by atoms with Crippen LogP contribution in [-0.2, 0) is 17.8 Å². The van der Waals surface area contributed by atoms with Gasteiger partial charge >= 0.3 is 0 Å². The van der Waals surface area contributed by atoms with Gasteiger partial charge in [0.05, 0.1) is 11.2 Å². The molecule has 1 aliphatic heterocycles. The van der Waals surface area contributed by atoms with Gasteiger partial charge in [-0.25, -0.2) is 4.98 Å². The summed E-state index contributed by atoms with van der Waals surface area (Å²) in [6.07, 6.45) is 5.20. The van der Waals surface area contributed by atoms with Crippen LogP contribution >= 0.6 is 11.3 Å². The maximum absolute atomic E-state index is 12.4. The van der Waals surface area contributed by atoms with Crippen molar-refractivity contribution in [2.75, 3.05) is 26.2 Å². The Morgan fingerprint density at radius 1 is 1.12 bits per heavy atom. The molecule has 0 aliphatic carbocycles. The summed E-state index contributed by atoms with van der Waals surface area (Å²) >= 11 is 1.64. The Hall–Kier alpha value is -1.79. The van der Waals surface area contributed by atoms with Gasteiger partial charge in [0, 0.05) is 56.4 Å². The fourth-order valence-electron chi connectivity index (χ4n) is 3.05. The molecule has 1 amide bonds. The Bertz CT molecular complexity index is 617. The summed E-state index contributed by atoms with van der Waals surface area (Å²) in [5.41, 5.74) is 4.08. The molecule has 24 heavy (non-hydrogen) atoms. The predicted octanol–water partition coefficient (Wildman–Crippen LogP) is 2.60. The van der Waals surface area contributed by atoms with Crippen LogP contribution in [-0.4, -0.2) is 51.9 Å². The predicted molar refractivity (Wildman–Crippen MR) is 95.8 cm³/mol. The van der Waals surface area contributed by atoms with Crippen LogP contribution in [0, 0.1) is 0 Å². The number of amides is 1. The number of aryl methyl sites for hydroxylation is 1. The Labute approximate surface area is 147 Å². The summed E-state index contributed by atoms with van der Waals surface area (Å²) in [6, 6.07) is 5.94. The van der Waals surface area contributed by atoms with Crippen molar-refractivity contribution in [3.63, 3.8) is 0 Å². The molecule has 0 N–H and O–H groups in total. The van der Waals surface area contributed by atoms with Gasteiger partial charge < -0.3 is 4.90 Å². The van der Waals surface area contributed by atoms with E-state index in [0.717, 1.165) is 63.4 Å². The van der Waals surface area contributed by atoms with Crippen molar-refractivity contribution in [1.29, 1.82) is 0 Å². The highest BCUT2D eigenvalue weighted by molar-refractivity contribution is 7.07. The molecule has 6 heteroatoms. The van der Waals surface area contributed by atoms with E-state index >= 15 is 0 Å². The average Bonchev–Trinajstić information content (AvgIpc) is 3.00. The Morgan fingerprint density at radius 2 is 2.08 bits per heavy atom. The van der Waals surface area contributed by atoms with Crippen LogP contribution in [0.15, 0.2) is 35.3 Å². The van der Waals surface area contributed by atoms with Crippen molar-refractivity contribution in [3.05, 3.63) is 46.7 Å². The van der Waals surface area contributed by atoms with Gasteiger partial charge in [0.25, 0.3) is 0 Å². The van der Waals surface area contributed by atoms with Crippen LogP contribution in [0.4, 0.5) is 0 Å². The third-order valence-corrected chi connectivity index (χ3v) is 5.00. The number of aromatic nitrogens is 2. The van der Waals surface area contributed by atoms with E-state index in [2.05, 4.69) is 20.2 Å². The van der Waals surface area contributed by atoms with Gasteiger partial charge in [0.15, 0.2) is 0 Å². The van der Waals surface area contributed by atoms with Crippen LogP contribution < -0.4 is 0 Å². The zero-order valence-corrected chi connectivity index (χ0v) is 14.7. The van der Waals surface area contributed by atoms with E-state index in [1.807, 2.05) is 34.8 Å². The third-order valence-electron chi connectivity index (χ3n) is 4.36. The number of hydrogen-bond acceptors (Lipinski definition) is 5. The van der Waals surface area contributed by atoms with Gasteiger partial charge in [-0.2, -0.15) is 0 Å². The summed E-state index contributed by atoms with van der Waals surface area (Å²) in [4.78, 5) is 25.5. The number of rotatable bonds is 6. The van der Waals surface area contributed by atoms with Crippen LogP contribution in [0.3, 0.4) is 0 Å². The largest absolute Gasteiger partial charge is 0.341 e. The molecule has 0 aromatic carbocycles. The molecule has 0 saturated carbocycles. The smallest absolute Gasteiger partial charge is 0.222 e. The second kappa shape index (κ2) is 8.89. The molecular formula is C18H24N4OS. The summed E-state index contributed by atoms with van der Waals surface area (Å²) in [7, 11) is 0. The van der Waals surface area contributed by atoms with Gasteiger partial charge in [-0.15, -0.1) is 11.3 Å². The molecule has 3 rings (SSSR count). The third kappa shape index (κ3) is 5.11. The van der Waals surface area contributed by atoms with Gasteiger partial charge in [-0.3, -0.25) is 14.7 Å². The van der Waals surface area contributed by atoms with Crippen molar-refractivity contribution < 1.29 is 4.79 Å². The molecule has 1 aliphatic rings. The molecule has 0 atom stereocenters. The molecule has 1 fully saturated rings. The number of hydrogen-bond donors (Lipinski definition) is 0. The lowest BCUT2D eigenvalue weighted by Gasteiger charge is -2.21. The highest BCUT2D eigenvalue weighted by atomic mass is 32.1. The maximum Gasteiger partial charge on any atom is 0.222 e. The van der Waals surface area contributed by atoms with Crippen LogP contribution in [0.5, 0.6) is 0 Å². The Kier molecular flexibility index (Phi) is 6.32. The lowest BCUT2D eigenvalue weighted by atomic mass is 10.1. The van der Waals surface area contributed by atoms with E-state index in [-0.39, 0.29) is 5.91 Å². The SMILES string of the molecule is O=C(CCCc1ccccn1)N1CCCN(Cc2cscn2)CC1. The van der Waals surface area contributed by atoms with Gasteiger partial charge in [0.1, 0.15) is 0 Å². The van der Waals surface area contributed by atoms with Gasteiger partial charge in [-0.05, 0) is 31.4 Å². The van der Waals surface area contributed by atoms with Gasteiger partial charge in [0.2, 0.25) is 5.91 Å². The quantitative estimate of drug-likeness (QED) is 0.808. The molecule has 1 saturated heterocycles. The summed E-state index contributed by atoms with van der Waals surface area (Å²) < 4.78 is 0. The highest BCUT2D eigenvalue weighted by Crippen LogP contribution is 2.11. The van der Waals surface area contributed by atoms with E-state index in [1.54, 1.807) is 11.3 Å². The number of carbonyl (C=O) groups excluding carboxylic acids is 1. The fourth-order valence-corrected chi connectivity index (χ4v) is 3.60. The molecule has 3 heterocycles. The topological polar surface area (TPSA) is 49.3 Å². The van der Waals surface area contributed by atoms with E-state index < -0.39 is 0 Å². The molecule has 128 valence electrons. The van der Waals surface area contributed by atoms with Crippen LogP contribution in [0.1, 0.15) is 30.7 Å². The molecule has 5 nitrogen and oxygen atoms in total. The first-order valence-corrected chi connectivity index (χ1v) is 9.52. The van der Waals surface area contributed by atoms with E-state index in [9.17, 15) is 4.79 Å². The van der Waals surface area contributed by atoms with Crippen molar-refractivity contribution in [1.82, 2.24) is 19.8 Å². The van der Waals surface area contributed by atoms with Gasteiger partial charge in [-0.1, -0.05) is 6.07 Å². The monoisotopic (exact) mass is 344 g/mol. The highest BCUT2D eigenvalue weighted by Gasteiger charge is 2.19.